The number of hydrogen-bond acceptors (Lipinski definition) is 3. The lowest BCUT2D eigenvalue weighted by molar-refractivity contribution is 0.606. The van der Waals surface area contributed by atoms with E-state index in [1.165, 1.54) is 4.90 Å². The largest absolute Gasteiger partial charge is 0.311 e. The van der Waals surface area contributed by atoms with Crippen LogP contribution in [0.2, 0.25) is 5.02 Å². The molecule has 0 aliphatic heterocycles. The number of rotatable bonds is 7. The summed E-state index contributed by atoms with van der Waals surface area (Å²) in [7, 11) is 0. The van der Waals surface area contributed by atoms with Crippen molar-refractivity contribution in [3.8, 4) is 22.5 Å². The highest BCUT2D eigenvalue weighted by Gasteiger charge is 2.15. The fraction of sp³-hybridized carbons (Fsp3) is 0.250. The van der Waals surface area contributed by atoms with Crippen molar-refractivity contribution < 1.29 is 0 Å². The Morgan fingerprint density at radius 2 is 1.70 bits per heavy atom. The average molecular weight is 438 g/mol. The highest BCUT2D eigenvalue weighted by Crippen LogP contribution is 2.26. The molecule has 154 valence electrons. The summed E-state index contributed by atoms with van der Waals surface area (Å²) >= 11 is 7.74. The Bertz CT molecular complexity index is 1210. The van der Waals surface area contributed by atoms with Gasteiger partial charge in [-0.3, -0.25) is 9.20 Å². The van der Waals surface area contributed by atoms with Crippen LogP contribution in [0.5, 0.6) is 0 Å². The lowest BCUT2D eigenvalue weighted by atomic mass is 10.1. The fourth-order valence-electron chi connectivity index (χ4n) is 3.60. The summed E-state index contributed by atoms with van der Waals surface area (Å²) in [6.45, 7) is 3.01. The third kappa shape index (κ3) is 4.18. The Kier molecular flexibility index (Phi) is 6.30. The Morgan fingerprint density at radius 3 is 2.37 bits per heavy atom. The first-order valence-corrected chi connectivity index (χ1v) is 11.7. The van der Waals surface area contributed by atoms with Crippen molar-refractivity contribution in [3.05, 3.63) is 76.2 Å². The smallest absolute Gasteiger partial charge is 0.259 e. The van der Waals surface area contributed by atoms with Gasteiger partial charge in [-0.1, -0.05) is 55.6 Å². The van der Waals surface area contributed by atoms with Crippen LogP contribution in [0, 0.1) is 0 Å². The van der Waals surface area contributed by atoms with Crippen molar-refractivity contribution in [1.29, 1.82) is 0 Å². The number of halogens is 1. The van der Waals surface area contributed by atoms with E-state index in [1.807, 2.05) is 30.5 Å². The molecule has 4 rings (SSSR count). The second-order valence-corrected chi connectivity index (χ2v) is 8.57. The van der Waals surface area contributed by atoms with Gasteiger partial charge in [0.05, 0.1) is 11.4 Å². The minimum absolute atomic E-state index is 0.0756. The molecule has 0 unspecified atom stereocenters. The first-order valence-electron chi connectivity index (χ1n) is 10.1. The van der Waals surface area contributed by atoms with E-state index < -0.39 is 0 Å². The van der Waals surface area contributed by atoms with Crippen LogP contribution in [-0.2, 0) is 6.54 Å². The summed E-state index contributed by atoms with van der Waals surface area (Å²) in [6, 6.07) is 17.6. The Balaban J connectivity index is 1.88. The Labute approximate surface area is 185 Å². The summed E-state index contributed by atoms with van der Waals surface area (Å²) < 4.78 is 3.82. The van der Waals surface area contributed by atoms with Crippen LogP contribution in [-0.4, -0.2) is 20.2 Å². The molecule has 0 radical (unpaired) electrons. The van der Waals surface area contributed by atoms with E-state index in [1.54, 1.807) is 22.2 Å². The predicted molar refractivity (Wildman–Crippen MR) is 127 cm³/mol. The van der Waals surface area contributed by atoms with E-state index in [9.17, 15) is 4.79 Å². The third-order valence-corrected chi connectivity index (χ3v) is 6.22. The molecule has 0 spiro atoms. The van der Waals surface area contributed by atoms with E-state index >= 15 is 0 Å². The van der Waals surface area contributed by atoms with Crippen molar-refractivity contribution >= 4 is 29.1 Å². The first kappa shape index (κ1) is 20.8. The molecule has 30 heavy (non-hydrogen) atoms. The van der Waals surface area contributed by atoms with Crippen LogP contribution in [0.15, 0.2) is 70.5 Å². The van der Waals surface area contributed by atoms with Gasteiger partial charge in [0.1, 0.15) is 0 Å². The number of imidazole rings is 1. The molecule has 2 heterocycles. The van der Waals surface area contributed by atoms with Crippen LogP contribution in [0.3, 0.4) is 0 Å². The van der Waals surface area contributed by atoms with Crippen molar-refractivity contribution in [1.82, 2.24) is 14.0 Å². The van der Waals surface area contributed by atoms with Gasteiger partial charge in [-0.05, 0) is 42.5 Å². The maximum Gasteiger partial charge on any atom is 0.259 e. The molecule has 4 aromatic rings. The van der Waals surface area contributed by atoms with Gasteiger partial charge in [0.15, 0.2) is 0 Å². The average Bonchev–Trinajstić information content (AvgIpc) is 3.22. The highest BCUT2D eigenvalue weighted by atomic mass is 35.5. The number of unbranched alkanes of at least 4 members (excludes halogenated alkanes) is 2. The number of hydrogen-bond donors (Lipinski definition) is 0. The highest BCUT2D eigenvalue weighted by molar-refractivity contribution is 7.98. The number of thioether (sulfide) groups is 1. The standard InChI is InChI=1S/C24H24ClN3OS/c1-3-4-5-14-27-22(18-8-12-20(30-2)13-9-18)15-23(29)28-16-21(26-24(27)28)17-6-10-19(25)11-7-17/h6-13,15-16H,3-5,14H2,1-2H3. The molecule has 0 aliphatic carbocycles. The molecule has 6 heteroatoms. The van der Waals surface area contributed by atoms with E-state index in [2.05, 4.69) is 42.0 Å². The zero-order valence-electron chi connectivity index (χ0n) is 17.1. The summed E-state index contributed by atoms with van der Waals surface area (Å²) in [4.78, 5) is 19.0. The van der Waals surface area contributed by atoms with Crippen LogP contribution in [0.1, 0.15) is 26.2 Å². The van der Waals surface area contributed by atoms with Crippen LogP contribution >= 0.6 is 23.4 Å². The van der Waals surface area contributed by atoms with Crippen LogP contribution in [0.25, 0.3) is 28.3 Å². The van der Waals surface area contributed by atoms with Crippen molar-refractivity contribution in [2.45, 2.75) is 37.6 Å². The van der Waals surface area contributed by atoms with Gasteiger partial charge in [-0.15, -0.1) is 11.8 Å². The number of aryl methyl sites for hydroxylation is 1. The lowest BCUT2D eigenvalue weighted by Gasteiger charge is -2.15. The molecule has 0 bridgehead atoms. The zero-order valence-corrected chi connectivity index (χ0v) is 18.7. The molecular formula is C24H24ClN3OS. The molecule has 4 nitrogen and oxygen atoms in total. The second kappa shape index (κ2) is 9.11. The normalized spacial score (nSPS) is 11.3. The summed E-state index contributed by atoms with van der Waals surface area (Å²) in [5.74, 6) is 0.674. The monoisotopic (exact) mass is 437 g/mol. The molecule has 0 fully saturated rings. The quantitative estimate of drug-likeness (QED) is 0.248. The van der Waals surface area contributed by atoms with E-state index in [0.717, 1.165) is 48.3 Å². The predicted octanol–water partition coefficient (Wildman–Crippen LogP) is 6.40. The van der Waals surface area contributed by atoms with Gasteiger partial charge in [0, 0.05) is 34.3 Å². The molecule has 0 N–H and O–H groups in total. The van der Waals surface area contributed by atoms with Crippen LogP contribution < -0.4 is 5.56 Å². The van der Waals surface area contributed by atoms with E-state index in [-0.39, 0.29) is 5.56 Å². The van der Waals surface area contributed by atoms with Gasteiger partial charge in [0.2, 0.25) is 5.78 Å². The zero-order chi connectivity index (χ0) is 21.1. The Morgan fingerprint density at radius 1 is 1.00 bits per heavy atom. The molecule has 0 atom stereocenters. The van der Waals surface area contributed by atoms with Gasteiger partial charge in [-0.25, -0.2) is 4.98 Å². The number of aromatic nitrogens is 3. The number of fused-ring (bicyclic) bond motifs is 1. The fourth-order valence-corrected chi connectivity index (χ4v) is 4.13. The molecule has 2 aromatic heterocycles. The van der Waals surface area contributed by atoms with E-state index in [0.29, 0.717) is 10.8 Å². The molecule has 0 aliphatic rings. The van der Waals surface area contributed by atoms with Gasteiger partial charge < -0.3 is 4.57 Å². The second-order valence-electron chi connectivity index (χ2n) is 7.26. The van der Waals surface area contributed by atoms with Gasteiger partial charge in [0.25, 0.3) is 5.56 Å². The van der Waals surface area contributed by atoms with Crippen molar-refractivity contribution in [2.75, 3.05) is 6.26 Å². The molecule has 0 saturated heterocycles. The minimum Gasteiger partial charge on any atom is -0.311 e. The number of nitrogens with zero attached hydrogens (tertiary/aromatic N) is 3. The topological polar surface area (TPSA) is 39.3 Å². The maximum absolute atomic E-state index is 13.0. The van der Waals surface area contributed by atoms with Gasteiger partial charge >= 0.3 is 0 Å². The summed E-state index contributed by atoms with van der Waals surface area (Å²) in [5, 5.41) is 0.678. The molecule has 2 aromatic carbocycles. The van der Waals surface area contributed by atoms with E-state index in [4.69, 9.17) is 16.6 Å². The van der Waals surface area contributed by atoms with Crippen molar-refractivity contribution in [3.63, 3.8) is 0 Å². The number of benzene rings is 2. The minimum atomic E-state index is -0.0756. The lowest BCUT2D eigenvalue weighted by Crippen LogP contribution is -2.18. The molecule has 0 saturated carbocycles. The molecule has 0 amide bonds. The molecular weight excluding hydrogens is 414 g/mol. The van der Waals surface area contributed by atoms with Gasteiger partial charge in [-0.2, -0.15) is 0 Å². The summed E-state index contributed by atoms with van der Waals surface area (Å²) in [6.07, 6.45) is 7.18. The summed E-state index contributed by atoms with van der Waals surface area (Å²) in [5.41, 5.74) is 3.56. The van der Waals surface area contributed by atoms with Crippen LogP contribution in [0.4, 0.5) is 0 Å². The SMILES string of the molecule is CCCCCn1c(-c2ccc(SC)cc2)cc(=O)n2cc(-c3ccc(Cl)cc3)nc12. The maximum atomic E-state index is 13.0. The first-order chi connectivity index (χ1) is 14.6. The van der Waals surface area contributed by atoms with Crippen molar-refractivity contribution in [2.24, 2.45) is 0 Å². The Hall–Kier alpha value is -2.50. The third-order valence-electron chi connectivity index (χ3n) is 5.23.